The summed E-state index contributed by atoms with van der Waals surface area (Å²) in [6, 6.07) is 13.3. The van der Waals surface area contributed by atoms with E-state index < -0.39 is 0 Å². The van der Waals surface area contributed by atoms with Crippen molar-refractivity contribution in [2.24, 2.45) is 10.7 Å². The van der Waals surface area contributed by atoms with Gasteiger partial charge in [-0.2, -0.15) is 0 Å². The molecule has 158 valence electrons. The first-order valence-corrected chi connectivity index (χ1v) is 11.0. The van der Waals surface area contributed by atoms with Crippen LogP contribution in [0.15, 0.2) is 47.6 Å². The standard InChI is InChI=1S/C24H27N7/c1-29-6-8-30(9-7-29)19-14-31(15-19)24-13-26-20-5-4-17(11-22(20)28-24)16-2-3-18-12-23(25)27-21(18)10-16/h2-5,10-11,13,19H,6-9,12,14-15H2,1H3,(H2,25,27). The molecule has 3 aliphatic heterocycles. The van der Waals surface area contributed by atoms with Gasteiger partial charge in [0.1, 0.15) is 11.7 Å². The summed E-state index contributed by atoms with van der Waals surface area (Å²) < 4.78 is 0. The molecule has 0 atom stereocenters. The van der Waals surface area contributed by atoms with E-state index in [0.29, 0.717) is 11.9 Å². The fourth-order valence-electron chi connectivity index (χ4n) is 4.78. The number of aromatic nitrogens is 2. The number of hydrogen-bond acceptors (Lipinski definition) is 7. The van der Waals surface area contributed by atoms with E-state index in [2.05, 4.69) is 68.1 Å². The molecule has 0 amide bonds. The third kappa shape index (κ3) is 3.43. The van der Waals surface area contributed by atoms with Crippen LogP contribution < -0.4 is 10.6 Å². The van der Waals surface area contributed by atoms with Gasteiger partial charge in [0.05, 0.1) is 22.9 Å². The van der Waals surface area contributed by atoms with Gasteiger partial charge in [-0.25, -0.2) is 9.98 Å². The molecular weight excluding hydrogens is 386 g/mol. The molecule has 31 heavy (non-hydrogen) atoms. The van der Waals surface area contributed by atoms with Crippen molar-refractivity contribution in [3.8, 4) is 11.1 Å². The van der Waals surface area contributed by atoms with Gasteiger partial charge >= 0.3 is 0 Å². The first kappa shape index (κ1) is 18.7. The third-order valence-corrected chi connectivity index (χ3v) is 6.82. The minimum atomic E-state index is 0.636. The number of amidine groups is 1. The molecule has 7 nitrogen and oxygen atoms in total. The molecule has 7 heteroatoms. The zero-order valence-electron chi connectivity index (χ0n) is 17.8. The number of nitrogens with two attached hydrogens (primary N) is 1. The maximum atomic E-state index is 5.90. The van der Waals surface area contributed by atoms with E-state index in [1.807, 2.05) is 6.20 Å². The van der Waals surface area contributed by atoms with Gasteiger partial charge in [0, 0.05) is 51.7 Å². The van der Waals surface area contributed by atoms with Crippen LogP contribution >= 0.6 is 0 Å². The van der Waals surface area contributed by atoms with Crippen molar-refractivity contribution in [2.45, 2.75) is 12.5 Å². The van der Waals surface area contributed by atoms with Gasteiger partial charge in [-0.3, -0.25) is 9.88 Å². The predicted molar refractivity (Wildman–Crippen MR) is 125 cm³/mol. The number of piperazine rings is 1. The van der Waals surface area contributed by atoms with Crippen LogP contribution in [0.5, 0.6) is 0 Å². The van der Waals surface area contributed by atoms with Crippen molar-refractivity contribution >= 4 is 28.4 Å². The van der Waals surface area contributed by atoms with Crippen molar-refractivity contribution in [1.82, 2.24) is 19.8 Å². The number of fused-ring (bicyclic) bond motifs is 2. The Morgan fingerprint density at radius 1 is 0.935 bits per heavy atom. The Labute approximate surface area is 182 Å². The highest BCUT2D eigenvalue weighted by atomic mass is 15.4. The minimum absolute atomic E-state index is 0.636. The van der Waals surface area contributed by atoms with Crippen LogP contribution in [0.25, 0.3) is 22.2 Å². The summed E-state index contributed by atoms with van der Waals surface area (Å²) in [5, 5.41) is 0. The van der Waals surface area contributed by atoms with Crippen LogP contribution in [-0.2, 0) is 6.42 Å². The van der Waals surface area contributed by atoms with Gasteiger partial charge in [-0.15, -0.1) is 0 Å². The fraction of sp³-hybridized carbons (Fsp3) is 0.375. The van der Waals surface area contributed by atoms with E-state index in [9.17, 15) is 0 Å². The summed E-state index contributed by atoms with van der Waals surface area (Å²) in [6.45, 7) is 6.73. The Balaban J connectivity index is 1.22. The number of rotatable bonds is 3. The molecule has 0 aliphatic carbocycles. The third-order valence-electron chi connectivity index (χ3n) is 6.82. The minimum Gasteiger partial charge on any atom is -0.387 e. The van der Waals surface area contributed by atoms with Crippen LogP contribution in [0, 0.1) is 0 Å². The quantitative estimate of drug-likeness (QED) is 0.710. The van der Waals surface area contributed by atoms with Crippen molar-refractivity contribution in [1.29, 1.82) is 0 Å². The molecule has 2 aromatic carbocycles. The average Bonchev–Trinajstić information content (AvgIpc) is 3.12. The Morgan fingerprint density at radius 3 is 2.55 bits per heavy atom. The molecule has 0 bridgehead atoms. The van der Waals surface area contributed by atoms with Gasteiger partial charge in [0.25, 0.3) is 0 Å². The van der Waals surface area contributed by atoms with Crippen LogP contribution in [0.3, 0.4) is 0 Å². The molecule has 3 aliphatic rings. The van der Waals surface area contributed by atoms with Gasteiger partial charge in [0.2, 0.25) is 0 Å². The second-order valence-corrected chi connectivity index (χ2v) is 8.95. The molecule has 3 aromatic rings. The normalized spacial score (nSPS) is 20.0. The second-order valence-electron chi connectivity index (χ2n) is 8.95. The summed E-state index contributed by atoms with van der Waals surface area (Å²) in [5.41, 5.74) is 12.2. The number of anilines is 1. The largest absolute Gasteiger partial charge is 0.387 e. The van der Waals surface area contributed by atoms with Crippen LogP contribution in [-0.4, -0.2) is 78.0 Å². The summed E-state index contributed by atoms with van der Waals surface area (Å²) >= 11 is 0. The number of hydrogen-bond donors (Lipinski definition) is 1. The zero-order valence-corrected chi connectivity index (χ0v) is 17.8. The molecular formula is C24H27N7. The lowest BCUT2D eigenvalue weighted by atomic mass is 10.0. The SMILES string of the molecule is CN1CCN(C2CN(c3cnc4ccc(-c5ccc6c(c5)N=C(N)C6)cc4n3)C2)CC1. The van der Waals surface area contributed by atoms with E-state index in [-0.39, 0.29) is 0 Å². The first-order valence-electron chi connectivity index (χ1n) is 11.0. The molecule has 1 aromatic heterocycles. The second kappa shape index (κ2) is 7.28. The Kier molecular flexibility index (Phi) is 4.40. The zero-order chi connectivity index (χ0) is 20.9. The summed E-state index contributed by atoms with van der Waals surface area (Å²) in [7, 11) is 2.20. The van der Waals surface area contributed by atoms with E-state index in [4.69, 9.17) is 10.7 Å². The van der Waals surface area contributed by atoms with Crippen molar-refractivity contribution in [3.63, 3.8) is 0 Å². The maximum absolute atomic E-state index is 5.90. The molecule has 2 fully saturated rings. The van der Waals surface area contributed by atoms with Gasteiger partial charge in [0.15, 0.2) is 0 Å². The predicted octanol–water partition coefficient (Wildman–Crippen LogP) is 2.28. The lowest BCUT2D eigenvalue weighted by Crippen LogP contribution is -2.63. The molecule has 0 spiro atoms. The Morgan fingerprint density at radius 2 is 1.71 bits per heavy atom. The van der Waals surface area contributed by atoms with Gasteiger partial charge in [-0.1, -0.05) is 18.2 Å². The molecule has 0 radical (unpaired) electrons. The van der Waals surface area contributed by atoms with Crippen LogP contribution in [0.1, 0.15) is 5.56 Å². The van der Waals surface area contributed by atoms with Gasteiger partial charge < -0.3 is 15.5 Å². The maximum Gasteiger partial charge on any atom is 0.147 e. The van der Waals surface area contributed by atoms with Crippen molar-refractivity contribution in [3.05, 3.63) is 48.2 Å². The van der Waals surface area contributed by atoms with Gasteiger partial charge in [-0.05, 0) is 41.9 Å². The molecule has 2 saturated heterocycles. The summed E-state index contributed by atoms with van der Waals surface area (Å²) in [4.78, 5) is 21.4. The molecule has 6 rings (SSSR count). The highest BCUT2D eigenvalue weighted by Crippen LogP contribution is 2.32. The molecule has 2 N–H and O–H groups in total. The monoisotopic (exact) mass is 413 g/mol. The van der Waals surface area contributed by atoms with Crippen LogP contribution in [0.2, 0.25) is 0 Å². The van der Waals surface area contributed by atoms with Crippen molar-refractivity contribution < 1.29 is 0 Å². The van der Waals surface area contributed by atoms with E-state index >= 15 is 0 Å². The highest BCUT2D eigenvalue weighted by molar-refractivity contribution is 5.92. The fourth-order valence-corrected chi connectivity index (χ4v) is 4.78. The molecule has 0 unspecified atom stereocenters. The van der Waals surface area contributed by atoms with Crippen molar-refractivity contribution in [2.75, 3.05) is 51.2 Å². The topological polar surface area (TPSA) is 73.9 Å². The molecule has 4 heterocycles. The number of benzene rings is 2. The number of aliphatic imine (C=N–C) groups is 1. The lowest BCUT2D eigenvalue weighted by Gasteiger charge is -2.48. The first-order chi connectivity index (χ1) is 15.1. The average molecular weight is 414 g/mol. The summed E-state index contributed by atoms with van der Waals surface area (Å²) in [5.74, 6) is 1.66. The summed E-state index contributed by atoms with van der Waals surface area (Å²) in [6.07, 6.45) is 2.65. The van der Waals surface area contributed by atoms with E-state index in [1.165, 1.54) is 5.56 Å². The Bertz CT molecular complexity index is 1170. The number of nitrogens with zero attached hydrogens (tertiary/aromatic N) is 6. The number of likely N-dealkylation sites (N-methyl/N-ethyl adjacent to an activating group) is 1. The van der Waals surface area contributed by atoms with E-state index in [1.54, 1.807) is 0 Å². The smallest absolute Gasteiger partial charge is 0.147 e. The van der Waals surface area contributed by atoms with Crippen LogP contribution in [0.4, 0.5) is 11.5 Å². The van der Waals surface area contributed by atoms with E-state index in [0.717, 1.165) is 79.4 Å². The molecule has 0 saturated carbocycles. The lowest BCUT2D eigenvalue weighted by molar-refractivity contribution is 0.0961. The Hall–Kier alpha value is -3.03. The highest BCUT2D eigenvalue weighted by Gasteiger charge is 2.34.